The minimum Gasteiger partial charge on any atom is -0.441 e. The molecule has 1 amide bonds. The maximum absolute atomic E-state index is 13.1. The lowest BCUT2D eigenvalue weighted by atomic mass is 9.93. The van der Waals surface area contributed by atoms with Crippen molar-refractivity contribution in [3.63, 3.8) is 0 Å². The van der Waals surface area contributed by atoms with Crippen molar-refractivity contribution in [1.29, 1.82) is 0 Å². The zero-order valence-electron chi connectivity index (χ0n) is 12.3. The van der Waals surface area contributed by atoms with Gasteiger partial charge in [0, 0.05) is 0 Å². The number of allylic oxidation sites excluding steroid dienone is 2. The van der Waals surface area contributed by atoms with Crippen LogP contribution in [0.3, 0.4) is 0 Å². The Bertz CT molecular complexity index is 909. The molecule has 0 unspecified atom stereocenters. The topological polar surface area (TPSA) is 62.9 Å². The summed E-state index contributed by atoms with van der Waals surface area (Å²) in [5.74, 6) is 0.273. The summed E-state index contributed by atoms with van der Waals surface area (Å²) >= 11 is 5.87. The Balaban J connectivity index is 1.88. The molecule has 118 valence electrons. The SMILES string of the molecule is O=C1C=CC2(C=C1)N=C(c1ccc(Cl)o1)N(c1ccccc1)C2=O. The van der Waals surface area contributed by atoms with Crippen molar-refractivity contribution in [3.8, 4) is 0 Å². The predicted molar refractivity (Wildman–Crippen MR) is 90.2 cm³/mol. The van der Waals surface area contributed by atoms with Crippen molar-refractivity contribution in [1.82, 2.24) is 0 Å². The first-order chi connectivity index (χ1) is 11.6. The third-order valence-electron chi connectivity index (χ3n) is 3.86. The standard InChI is InChI=1S/C18H11ClN2O3/c19-15-7-6-14(24-15)16-20-18(10-8-13(22)9-11-18)17(23)21(16)12-4-2-1-3-5-12/h1-11H. The van der Waals surface area contributed by atoms with Crippen molar-refractivity contribution in [2.45, 2.75) is 5.54 Å². The Morgan fingerprint density at radius 2 is 1.71 bits per heavy atom. The molecule has 0 saturated heterocycles. The van der Waals surface area contributed by atoms with Gasteiger partial charge in [0.1, 0.15) is 0 Å². The maximum atomic E-state index is 13.1. The number of rotatable bonds is 2. The van der Waals surface area contributed by atoms with E-state index in [2.05, 4.69) is 4.99 Å². The van der Waals surface area contributed by atoms with E-state index in [-0.39, 0.29) is 16.9 Å². The van der Waals surface area contributed by atoms with Gasteiger partial charge in [-0.1, -0.05) is 18.2 Å². The molecule has 24 heavy (non-hydrogen) atoms. The molecule has 0 bridgehead atoms. The van der Waals surface area contributed by atoms with Crippen molar-refractivity contribution >= 4 is 34.8 Å². The fraction of sp³-hybridized carbons (Fsp3) is 0.0556. The molecule has 0 fully saturated rings. The molecule has 0 saturated carbocycles. The molecule has 5 nitrogen and oxygen atoms in total. The number of para-hydroxylation sites is 1. The van der Waals surface area contributed by atoms with Crippen LogP contribution < -0.4 is 4.90 Å². The van der Waals surface area contributed by atoms with Gasteiger partial charge in [-0.05, 0) is 60.2 Å². The van der Waals surface area contributed by atoms with Gasteiger partial charge in [0.25, 0.3) is 5.91 Å². The molecular formula is C18H11ClN2O3. The number of hydrogen-bond acceptors (Lipinski definition) is 4. The van der Waals surface area contributed by atoms with Gasteiger partial charge in [-0.2, -0.15) is 0 Å². The first-order valence-corrected chi connectivity index (χ1v) is 7.64. The average Bonchev–Trinajstić information content (AvgIpc) is 3.14. The van der Waals surface area contributed by atoms with Crippen molar-refractivity contribution in [2.75, 3.05) is 4.90 Å². The lowest BCUT2D eigenvalue weighted by Gasteiger charge is -2.22. The Labute approximate surface area is 142 Å². The van der Waals surface area contributed by atoms with E-state index in [0.29, 0.717) is 17.3 Å². The summed E-state index contributed by atoms with van der Waals surface area (Å²) in [4.78, 5) is 30.6. The van der Waals surface area contributed by atoms with Crippen LogP contribution in [0.25, 0.3) is 0 Å². The number of benzene rings is 1. The number of amidine groups is 1. The zero-order valence-corrected chi connectivity index (χ0v) is 13.1. The Hall–Kier alpha value is -2.92. The number of amides is 1. The summed E-state index contributed by atoms with van der Waals surface area (Å²) in [6.07, 6.45) is 5.71. The van der Waals surface area contributed by atoms with Gasteiger partial charge in [0.15, 0.2) is 28.1 Å². The number of halogens is 1. The second kappa shape index (κ2) is 5.32. The predicted octanol–water partition coefficient (Wildman–Crippen LogP) is 3.16. The van der Waals surface area contributed by atoms with Crippen LogP contribution in [0.2, 0.25) is 5.22 Å². The number of hydrogen-bond donors (Lipinski definition) is 0. The van der Waals surface area contributed by atoms with E-state index in [1.165, 1.54) is 29.2 Å². The van der Waals surface area contributed by atoms with E-state index in [9.17, 15) is 9.59 Å². The van der Waals surface area contributed by atoms with E-state index in [0.717, 1.165) is 0 Å². The molecule has 2 heterocycles. The van der Waals surface area contributed by atoms with Gasteiger partial charge in [-0.15, -0.1) is 0 Å². The van der Waals surface area contributed by atoms with Gasteiger partial charge in [0.2, 0.25) is 0 Å². The molecule has 1 aliphatic carbocycles. The lowest BCUT2D eigenvalue weighted by molar-refractivity contribution is -0.119. The van der Waals surface area contributed by atoms with E-state index < -0.39 is 5.54 Å². The largest absolute Gasteiger partial charge is 0.441 e. The number of ketones is 1. The van der Waals surface area contributed by atoms with Crippen LogP contribution in [0.1, 0.15) is 5.76 Å². The number of anilines is 1. The number of carbonyl (C=O) groups is 2. The minimum atomic E-state index is -1.24. The number of carbonyl (C=O) groups excluding carboxylic acids is 2. The number of aliphatic imine (C=N–C) groups is 1. The van der Waals surface area contributed by atoms with Gasteiger partial charge >= 0.3 is 0 Å². The summed E-state index contributed by atoms with van der Waals surface area (Å²) in [6.45, 7) is 0. The highest BCUT2D eigenvalue weighted by Gasteiger charge is 2.47. The van der Waals surface area contributed by atoms with Crippen LogP contribution in [0.4, 0.5) is 5.69 Å². The molecule has 1 aromatic carbocycles. The third-order valence-corrected chi connectivity index (χ3v) is 4.06. The average molecular weight is 339 g/mol. The zero-order chi connectivity index (χ0) is 16.7. The Kier molecular flexibility index (Phi) is 3.25. The normalized spacial score (nSPS) is 18.5. The fourth-order valence-electron chi connectivity index (χ4n) is 2.71. The second-order valence-electron chi connectivity index (χ2n) is 5.41. The van der Waals surface area contributed by atoms with E-state index in [1.807, 2.05) is 18.2 Å². The Morgan fingerprint density at radius 3 is 2.33 bits per heavy atom. The molecule has 0 radical (unpaired) electrons. The van der Waals surface area contributed by atoms with Crippen molar-refractivity contribution in [2.24, 2.45) is 4.99 Å². The second-order valence-corrected chi connectivity index (χ2v) is 5.78. The highest BCUT2D eigenvalue weighted by molar-refractivity contribution is 6.32. The van der Waals surface area contributed by atoms with E-state index in [4.69, 9.17) is 16.0 Å². The van der Waals surface area contributed by atoms with Gasteiger partial charge in [-0.3, -0.25) is 14.5 Å². The van der Waals surface area contributed by atoms with Crippen LogP contribution >= 0.6 is 11.6 Å². The summed E-state index contributed by atoms with van der Waals surface area (Å²) in [5.41, 5.74) is -0.581. The molecule has 4 rings (SSSR count). The van der Waals surface area contributed by atoms with Crippen LogP contribution in [0.5, 0.6) is 0 Å². The summed E-state index contributed by atoms with van der Waals surface area (Å²) in [6, 6.07) is 12.4. The monoisotopic (exact) mass is 338 g/mol. The molecule has 1 aliphatic heterocycles. The smallest absolute Gasteiger partial charge is 0.268 e. The van der Waals surface area contributed by atoms with Gasteiger partial charge < -0.3 is 4.42 Å². The highest BCUT2D eigenvalue weighted by atomic mass is 35.5. The summed E-state index contributed by atoms with van der Waals surface area (Å²) in [7, 11) is 0. The molecule has 2 aromatic rings. The quantitative estimate of drug-likeness (QED) is 0.845. The molecule has 6 heteroatoms. The molecule has 2 aliphatic rings. The maximum Gasteiger partial charge on any atom is 0.268 e. The fourth-order valence-corrected chi connectivity index (χ4v) is 2.86. The van der Waals surface area contributed by atoms with Crippen molar-refractivity contribution in [3.05, 3.63) is 77.7 Å². The first-order valence-electron chi connectivity index (χ1n) is 7.27. The number of nitrogens with zero attached hydrogens (tertiary/aromatic N) is 2. The van der Waals surface area contributed by atoms with Crippen LogP contribution in [-0.2, 0) is 9.59 Å². The third kappa shape index (κ3) is 2.21. The van der Waals surface area contributed by atoms with Crippen molar-refractivity contribution < 1.29 is 14.0 Å². The molecule has 1 spiro atoms. The van der Waals surface area contributed by atoms with E-state index in [1.54, 1.807) is 24.3 Å². The van der Waals surface area contributed by atoms with E-state index >= 15 is 0 Å². The van der Waals surface area contributed by atoms with Crippen LogP contribution in [0.15, 0.2) is 76.2 Å². The molecular weight excluding hydrogens is 328 g/mol. The van der Waals surface area contributed by atoms with Gasteiger partial charge in [0.05, 0.1) is 5.69 Å². The molecule has 1 aromatic heterocycles. The van der Waals surface area contributed by atoms with Crippen LogP contribution in [-0.4, -0.2) is 23.1 Å². The van der Waals surface area contributed by atoms with Gasteiger partial charge in [-0.25, -0.2) is 4.99 Å². The molecule has 0 N–H and O–H groups in total. The summed E-state index contributed by atoms with van der Waals surface area (Å²) < 4.78 is 5.45. The Morgan fingerprint density at radius 1 is 1.00 bits per heavy atom. The first kappa shape index (κ1) is 14.7. The molecule has 0 atom stereocenters. The summed E-state index contributed by atoms with van der Waals surface area (Å²) in [5, 5.41) is 0.207. The van der Waals surface area contributed by atoms with Crippen LogP contribution in [0, 0.1) is 0 Å². The number of furan rings is 1. The highest BCUT2D eigenvalue weighted by Crippen LogP contribution is 2.34. The minimum absolute atomic E-state index is 0.177. The lowest BCUT2D eigenvalue weighted by Crippen LogP contribution is -2.41.